The van der Waals surface area contributed by atoms with Crippen molar-refractivity contribution in [1.82, 2.24) is 9.97 Å². The first kappa shape index (κ1) is 19.9. The lowest BCUT2D eigenvalue weighted by Crippen LogP contribution is -2.11. The molecule has 1 aromatic heterocycles. The van der Waals surface area contributed by atoms with E-state index in [1.165, 1.54) is 6.08 Å². The number of carbonyl (C=O) groups is 2. The van der Waals surface area contributed by atoms with Crippen LogP contribution in [0.25, 0.3) is 17.1 Å². The molecule has 0 aliphatic carbocycles. The minimum absolute atomic E-state index is 0.215. The van der Waals surface area contributed by atoms with Gasteiger partial charge in [0, 0.05) is 16.3 Å². The van der Waals surface area contributed by atoms with E-state index in [9.17, 15) is 9.59 Å². The number of hydrogen-bond acceptors (Lipinski definition) is 3. The molecular formula is C23H15Cl2N3O2. The smallest absolute Gasteiger partial charge is 0.255 e. The maximum atomic E-state index is 12.4. The van der Waals surface area contributed by atoms with Gasteiger partial charge in [-0.25, -0.2) is 4.98 Å². The number of anilines is 1. The number of nitrogens with zero attached hydrogens (tertiary/aromatic N) is 1. The van der Waals surface area contributed by atoms with Crippen molar-refractivity contribution in [3.05, 3.63) is 99.8 Å². The molecule has 0 saturated carbocycles. The highest BCUT2D eigenvalue weighted by atomic mass is 35.5. The van der Waals surface area contributed by atoms with E-state index in [-0.39, 0.29) is 17.5 Å². The molecule has 4 aromatic rings. The summed E-state index contributed by atoms with van der Waals surface area (Å²) in [5.74, 6) is -0.306. The quantitative estimate of drug-likeness (QED) is 0.297. The molecule has 5 nitrogen and oxygen atoms in total. The molecule has 1 heterocycles. The summed E-state index contributed by atoms with van der Waals surface area (Å²) >= 11 is 12.0. The van der Waals surface area contributed by atoms with E-state index in [2.05, 4.69) is 15.3 Å². The van der Waals surface area contributed by atoms with Gasteiger partial charge in [0.2, 0.25) is 5.78 Å². The third-order valence-corrected chi connectivity index (χ3v) is 4.92. The van der Waals surface area contributed by atoms with Crippen LogP contribution in [-0.2, 0) is 0 Å². The SMILES string of the molecule is O=C(Nc1cccc(Cl)c1)c1ccc(C=CC(=O)c2nc3c(Cl)cccc3[nH]2)cc1. The Kier molecular flexibility index (Phi) is 5.65. The molecule has 0 fully saturated rings. The molecule has 0 spiro atoms. The predicted octanol–water partition coefficient (Wildman–Crippen LogP) is 6.02. The number of carbonyl (C=O) groups excluding carboxylic acids is 2. The number of rotatable bonds is 5. The summed E-state index contributed by atoms with van der Waals surface area (Å²) < 4.78 is 0. The highest BCUT2D eigenvalue weighted by Crippen LogP contribution is 2.21. The Hall–Kier alpha value is -3.41. The van der Waals surface area contributed by atoms with Crippen LogP contribution in [0.3, 0.4) is 0 Å². The monoisotopic (exact) mass is 435 g/mol. The molecule has 0 radical (unpaired) electrons. The maximum absolute atomic E-state index is 12.4. The number of H-pyrrole nitrogens is 1. The van der Waals surface area contributed by atoms with Crippen molar-refractivity contribution in [3.8, 4) is 0 Å². The molecule has 2 N–H and O–H groups in total. The number of halogens is 2. The molecule has 1 amide bonds. The molecule has 0 saturated heterocycles. The molecule has 0 atom stereocenters. The van der Waals surface area contributed by atoms with Crippen molar-refractivity contribution < 1.29 is 9.59 Å². The fourth-order valence-corrected chi connectivity index (χ4v) is 3.29. The number of fused-ring (bicyclic) bond motifs is 1. The molecule has 0 aliphatic heterocycles. The summed E-state index contributed by atoms with van der Waals surface area (Å²) in [7, 11) is 0. The average Bonchev–Trinajstić information content (AvgIpc) is 3.18. The van der Waals surface area contributed by atoms with Gasteiger partial charge in [0.05, 0.1) is 10.5 Å². The molecular weight excluding hydrogens is 421 g/mol. The zero-order valence-electron chi connectivity index (χ0n) is 15.5. The van der Waals surface area contributed by atoms with Gasteiger partial charge in [-0.15, -0.1) is 0 Å². The van der Waals surface area contributed by atoms with Crippen LogP contribution < -0.4 is 5.32 Å². The van der Waals surface area contributed by atoms with Crippen LogP contribution in [0.1, 0.15) is 26.5 Å². The van der Waals surface area contributed by atoms with Crippen LogP contribution >= 0.6 is 23.2 Å². The summed E-state index contributed by atoms with van der Waals surface area (Å²) in [5.41, 5.74) is 3.15. The Morgan fingerprint density at radius 1 is 0.967 bits per heavy atom. The number of allylic oxidation sites excluding steroid dienone is 1. The third kappa shape index (κ3) is 4.43. The zero-order chi connectivity index (χ0) is 21.1. The standard InChI is InChI=1S/C23H15Cl2N3O2/c24-16-3-1-4-17(13-16)26-23(30)15-10-7-14(8-11-15)9-12-20(29)22-27-19-6-2-5-18(25)21(19)28-22/h1-13H,(H,26,30)(H,27,28). The lowest BCUT2D eigenvalue weighted by atomic mass is 10.1. The number of para-hydroxylation sites is 1. The normalized spacial score (nSPS) is 11.1. The van der Waals surface area contributed by atoms with Crippen molar-refractivity contribution in [2.45, 2.75) is 0 Å². The fraction of sp³-hybridized carbons (Fsp3) is 0. The van der Waals surface area contributed by atoms with Crippen LogP contribution in [0, 0.1) is 0 Å². The second kappa shape index (κ2) is 8.53. The number of nitrogens with one attached hydrogen (secondary N) is 2. The van der Waals surface area contributed by atoms with Crippen LogP contribution in [0.5, 0.6) is 0 Å². The summed E-state index contributed by atoms with van der Waals surface area (Å²) in [6.07, 6.45) is 3.09. The highest BCUT2D eigenvalue weighted by molar-refractivity contribution is 6.35. The molecule has 148 valence electrons. The molecule has 30 heavy (non-hydrogen) atoms. The Bertz CT molecular complexity index is 1280. The summed E-state index contributed by atoms with van der Waals surface area (Å²) in [4.78, 5) is 32.0. The number of imidazole rings is 1. The van der Waals surface area contributed by atoms with E-state index in [1.807, 2.05) is 6.07 Å². The van der Waals surface area contributed by atoms with E-state index in [0.717, 1.165) is 5.56 Å². The first-order chi connectivity index (χ1) is 14.5. The van der Waals surface area contributed by atoms with Gasteiger partial charge in [-0.2, -0.15) is 0 Å². The minimum atomic E-state index is -0.273. The lowest BCUT2D eigenvalue weighted by Gasteiger charge is -2.05. The maximum Gasteiger partial charge on any atom is 0.255 e. The van der Waals surface area contributed by atoms with Crippen molar-refractivity contribution in [3.63, 3.8) is 0 Å². The number of ketones is 1. The van der Waals surface area contributed by atoms with Crippen LogP contribution in [0.4, 0.5) is 5.69 Å². The second-order valence-corrected chi connectivity index (χ2v) is 7.35. The Labute approximate surface area is 182 Å². The van der Waals surface area contributed by atoms with Gasteiger partial charge in [-0.05, 0) is 54.1 Å². The van der Waals surface area contributed by atoms with Gasteiger partial charge in [0.25, 0.3) is 5.91 Å². The summed E-state index contributed by atoms with van der Waals surface area (Å²) in [5, 5.41) is 3.82. The zero-order valence-corrected chi connectivity index (χ0v) is 17.0. The topological polar surface area (TPSA) is 74.8 Å². The van der Waals surface area contributed by atoms with Gasteiger partial charge in [-0.3, -0.25) is 9.59 Å². The van der Waals surface area contributed by atoms with Crippen molar-refractivity contribution in [1.29, 1.82) is 0 Å². The fourth-order valence-electron chi connectivity index (χ4n) is 2.88. The molecule has 0 unspecified atom stereocenters. The molecule has 0 bridgehead atoms. The van der Waals surface area contributed by atoms with E-state index in [0.29, 0.717) is 32.3 Å². The predicted molar refractivity (Wildman–Crippen MR) is 120 cm³/mol. The minimum Gasteiger partial charge on any atom is -0.335 e. The van der Waals surface area contributed by atoms with E-state index in [4.69, 9.17) is 23.2 Å². The van der Waals surface area contributed by atoms with Crippen LogP contribution in [0.15, 0.2) is 72.8 Å². The number of amides is 1. The number of aromatic nitrogens is 2. The van der Waals surface area contributed by atoms with Crippen molar-refractivity contribution in [2.24, 2.45) is 0 Å². The summed E-state index contributed by atoms with van der Waals surface area (Å²) in [6, 6.07) is 19.1. The van der Waals surface area contributed by atoms with Crippen LogP contribution in [0.2, 0.25) is 10.0 Å². The average molecular weight is 436 g/mol. The first-order valence-electron chi connectivity index (χ1n) is 9.03. The molecule has 3 aromatic carbocycles. The van der Waals surface area contributed by atoms with E-state index in [1.54, 1.807) is 66.7 Å². The molecule has 4 rings (SSSR count). The number of aromatic amines is 1. The Morgan fingerprint density at radius 2 is 1.73 bits per heavy atom. The van der Waals surface area contributed by atoms with E-state index < -0.39 is 0 Å². The second-order valence-electron chi connectivity index (χ2n) is 6.51. The first-order valence-corrected chi connectivity index (χ1v) is 9.79. The lowest BCUT2D eigenvalue weighted by molar-refractivity contribution is 0.102. The van der Waals surface area contributed by atoms with Gasteiger partial charge < -0.3 is 10.3 Å². The third-order valence-electron chi connectivity index (χ3n) is 4.38. The molecule has 7 heteroatoms. The van der Waals surface area contributed by atoms with Gasteiger partial charge in [0.1, 0.15) is 5.52 Å². The highest BCUT2D eigenvalue weighted by Gasteiger charge is 2.11. The van der Waals surface area contributed by atoms with Crippen molar-refractivity contribution >= 4 is 57.7 Å². The van der Waals surface area contributed by atoms with Gasteiger partial charge >= 0.3 is 0 Å². The number of hydrogen-bond donors (Lipinski definition) is 2. The van der Waals surface area contributed by atoms with Gasteiger partial charge in [0.15, 0.2) is 5.82 Å². The Morgan fingerprint density at radius 3 is 2.47 bits per heavy atom. The Balaban J connectivity index is 1.44. The van der Waals surface area contributed by atoms with E-state index >= 15 is 0 Å². The largest absolute Gasteiger partial charge is 0.335 e. The van der Waals surface area contributed by atoms with Crippen LogP contribution in [-0.4, -0.2) is 21.7 Å². The van der Waals surface area contributed by atoms with Crippen molar-refractivity contribution in [2.75, 3.05) is 5.32 Å². The molecule has 0 aliphatic rings. The number of benzene rings is 3. The van der Waals surface area contributed by atoms with Gasteiger partial charge in [-0.1, -0.05) is 53.5 Å². The summed E-state index contributed by atoms with van der Waals surface area (Å²) in [6.45, 7) is 0.